The van der Waals surface area contributed by atoms with E-state index in [1.165, 1.54) is 13.2 Å². The molecule has 1 heterocycles. The first kappa shape index (κ1) is 18.8. The number of cyclic esters (lactones) is 1. The normalized spacial score (nSPS) is 16.2. The molecule has 1 saturated heterocycles. The number of hydrogen-bond acceptors (Lipinski definition) is 5. The average molecular weight is 375 g/mol. The summed E-state index contributed by atoms with van der Waals surface area (Å²) in [6.07, 6.45) is 0.182. The maximum Gasteiger partial charge on any atom is 0.410 e. The van der Waals surface area contributed by atoms with E-state index in [-0.39, 0.29) is 24.9 Å². The van der Waals surface area contributed by atoms with Crippen molar-refractivity contribution in [1.29, 1.82) is 0 Å². The molecule has 7 heteroatoms. The van der Waals surface area contributed by atoms with Crippen LogP contribution in [-0.4, -0.2) is 45.0 Å². The molecule has 0 saturated carbocycles. The van der Waals surface area contributed by atoms with E-state index in [0.717, 1.165) is 5.56 Å². The molecule has 6 nitrogen and oxygen atoms in total. The first-order valence-electron chi connectivity index (χ1n) is 8.52. The van der Waals surface area contributed by atoms with Gasteiger partial charge in [-0.1, -0.05) is 12.1 Å². The van der Waals surface area contributed by atoms with Crippen LogP contribution in [0.3, 0.4) is 0 Å². The number of carbonyl (C=O) groups excluding carboxylic acids is 1. The Balaban J connectivity index is 1.75. The third-order valence-corrected chi connectivity index (χ3v) is 4.56. The molecule has 0 aliphatic carbocycles. The maximum atomic E-state index is 13.9. The number of hydrogen-bond donors (Lipinski definition) is 0. The third-order valence-electron chi connectivity index (χ3n) is 4.56. The fourth-order valence-electron chi connectivity index (χ4n) is 3.14. The summed E-state index contributed by atoms with van der Waals surface area (Å²) in [6.45, 7) is 0.545. The summed E-state index contributed by atoms with van der Waals surface area (Å²) in [5.41, 5.74) is 1.66. The van der Waals surface area contributed by atoms with Crippen molar-refractivity contribution in [2.24, 2.45) is 0 Å². The largest absolute Gasteiger partial charge is 0.494 e. The molecule has 1 amide bonds. The molecule has 0 aromatic heterocycles. The molecule has 27 heavy (non-hydrogen) atoms. The summed E-state index contributed by atoms with van der Waals surface area (Å²) in [5.74, 6) is 0.984. The highest BCUT2D eigenvalue weighted by molar-refractivity contribution is 5.70. The lowest BCUT2D eigenvalue weighted by Gasteiger charge is -2.22. The van der Waals surface area contributed by atoms with Crippen molar-refractivity contribution in [2.75, 3.05) is 27.9 Å². The second kappa shape index (κ2) is 8.16. The highest BCUT2D eigenvalue weighted by Crippen LogP contribution is 2.29. The first-order valence-corrected chi connectivity index (χ1v) is 8.52. The van der Waals surface area contributed by atoms with Gasteiger partial charge in [0.15, 0.2) is 23.1 Å². The maximum absolute atomic E-state index is 13.9. The molecule has 144 valence electrons. The van der Waals surface area contributed by atoms with Crippen LogP contribution in [0.4, 0.5) is 9.18 Å². The van der Waals surface area contributed by atoms with Crippen molar-refractivity contribution in [3.05, 3.63) is 53.3 Å². The predicted octanol–water partition coefficient (Wildman–Crippen LogP) is 3.42. The van der Waals surface area contributed by atoms with Crippen LogP contribution in [0.5, 0.6) is 17.2 Å². The number of ether oxygens (including phenoxy) is 4. The summed E-state index contributed by atoms with van der Waals surface area (Å²) in [4.78, 5) is 13.8. The zero-order valence-electron chi connectivity index (χ0n) is 15.5. The van der Waals surface area contributed by atoms with Crippen LogP contribution >= 0.6 is 0 Å². The molecule has 0 bridgehead atoms. The summed E-state index contributed by atoms with van der Waals surface area (Å²) in [6, 6.07) is 10.1. The lowest BCUT2D eigenvalue weighted by molar-refractivity contribution is 0.156. The van der Waals surface area contributed by atoms with E-state index in [1.807, 2.05) is 18.2 Å². The number of benzene rings is 2. The zero-order chi connectivity index (χ0) is 19.4. The molecule has 2 aromatic rings. The van der Waals surface area contributed by atoms with Crippen LogP contribution in [-0.2, 0) is 17.7 Å². The summed E-state index contributed by atoms with van der Waals surface area (Å²) < 4.78 is 34.7. The van der Waals surface area contributed by atoms with Crippen molar-refractivity contribution >= 4 is 6.09 Å². The molecule has 1 atom stereocenters. The molecule has 2 aromatic carbocycles. The number of carbonyl (C=O) groups is 1. The number of halogens is 1. The summed E-state index contributed by atoms with van der Waals surface area (Å²) in [5, 5.41) is 0. The van der Waals surface area contributed by atoms with Gasteiger partial charge >= 0.3 is 6.09 Å². The van der Waals surface area contributed by atoms with E-state index in [4.69, 9.17) is 18.9 Å². The molecule has 1 aliphatic heterocycles. The van der Waals surface area contributed by atoms with Gasteiger partial charge in [0.05, 0.1) is 27.4 Å². The lowest BCUT2D eigenvalue weighted by Crippen LogP contribution is -2.34. The van der Waals surface area contributed by atoms with Gasteiger partial charge in [0, 0.05) is 6.54 Å². The van der Waals surface area contributed by atoms with Crippen molar-refractivity contribution in [3.8, 4) is 17.2 Å². The molecular formula is C20H22FNO5. The Morgan fingerprint density at radius 1 is 1.00 bits per heavy atom. The zero-order valence-corrected chi connectivity index (χ0v) is 15.5. The topological polar surface area (TPSA) is 57.2 Å². The standard InChI is InChI=1S/C20H22FNO5/c1-24-17-6-5-14(9-16(17)21)11-22-15(12-27-20(22)23)8-13-4-7-18(25-2)19(10-13)26-3/h4-7,9-10,15H,8,11-12H2,1-3H3. The molecule has 1 fully saturated rings. The van der Waals surface area contributed by atoms with Crippen molar-refractivity contribution in [2.45, 2.75) is 19.0 Å². The van der Waals surface area contributed by atoms with Crippen LogP contribution in [0, 0.1) is 5.82 Å². The molecule has 1 aliphatic rings. The minimum Gasteiger partial charge on any atom is -0.494 e. The van der Waals surface area contributed by atoms with E-state index in [9.17, 15) is 9.18 Å². The smallest absolute Gasteiger partial charge is 0.410 e. The predicted molar refractivity (Wildman–Crippen MR) is 96.9 cm³/mol. The van der Waals surface area contributed by atoms with E-state index < -0.39 is 11.9 Å². The third kappa shape index (κ3) is 4.07. The summed E-state index contributed by atoms with van der Waals surface area (Å²) >= 11 is 0. The van der Waals surface area contributed by atoms with Crippen LogP contribution in [0.2, 0.25) is 0 Å². The van der Waals surface area contributed by atoms with Crippen molar-refractivity contribution < 1.29 is 28.1 Å². The average Bonchev–Trinajstić information content (AvgIpc) is 3.01. The van der Waals surface area contributed by atoms with E-state index in [0.29, 0.717) is 23.5 Å². The second-order valence-corrected chi connectivity index (χ2v) is 6.22. The molecule has 3 rings (SSSR count). The van der Waals surface area contributed by atoms with Gasteiger partial charge in [0.25, 0.3) is 0 Å². The fraction of sp³-hybridized carbons (Fsp3) is 0.350. The van der Waals surface area contributed by atoms with Gasteiger partial charge in [-0.05, 0) is 41.8 Å². The van der Waals surface area contributed by atoms with E-state index in [1.54, 1.807) is 31.3 Å². The number of amides is 1. The lowest BCUT2D eigenvalue weighted by atomic mass is 10.0. The minimum atomic E-state index is -0.459. The Bertz CT molecular complexity index is 826. The highest BCUT2D eigenvalue weighted by Gasteiger charge is 2.33. The SMILES string of the molecule is COc1ccc(CN2C(=O)OCC2Cc2ccc(OC)c(OC)c2)cc1F. The van der Waals surface area contributed by atoms with Gasteiger partial charge in [-0.3, -0.25) is 4.90 Å². The Morgan fingerprint density at radius 3 is 2.33 bits per heavy atom. The molecule has 0 spiro atoms. The summed E-state index contributed by atoms with van der Waals surface area (Å²) in [7, 11) is 4.57. The Hall–Kier alpha value is -2.96. The number of methoxy groups -OCH3 is 3. The Morgan fingerprint density at radius 2 is 1.67 bits per heavy atom. The van der Waals surface area contributed by atoms with Crippen LogP contribution < -0.4 is 14.2 Å². The highest BCUT2D eigenvalue weighted by atomic mass is 19.1. The fourth-order valence-corrected chi connectivity index (χ4v) is 3.14. The first-order chi connectivity index (χ1) is 13.0. The molecule has 0 radical (unpaired) electrons. The quantitative estimate of drug-likeness (QED) is 0.742. The van der Waals surface area contributed by atoms with Gasteiger partial charge in [-0.15, -0.1) is 0 Å². The number of rotatable bonds is 7. The molecule has 0 N–H and O–H groups in total. The van der Waals surface area contributed by atoms with Gasteiger partial charge in [-0.2, -0.15) is 0 Å². The minimum absolute atomic E-state index is 0.152. The molecule has 1 unspecified atom stereocenters. The van der Waals surface area contributed by atoms with Gasteiger partial charge in [0.2, 0.25) is 0 Å². The van der Waals surface area contributed by atoms with Gasteiger partial charge < -0.3 is 18.9 Å². The van der Waals surface area contributed by atoms with Crippen molar-refractivity contribution in [3.63, 3.8) is 0 Å². The number of nitrogens with zero attached hydrogens (tertiary/aromatic N) is 1. The van der Waals surface area contributed by atoms with Gasteiger partial charge in [-0.25, -0.2) is 9.18 Å². The molecular weight excluding hydrogens is 353 g/mol. The van der Waals surface area contributed by atoms with Crippen LogP contribution in [0.25, 0.3) is 0 Å². The Kier molecular flexibility index (Phi) is 5.69. The Labute approximate surface area is 157 Å². The van der Waals surface area contributed by atoms with Crippen LogP contribution in [0.1, 0.15) is 11.1 Å². The van der Waals surface area contributed by atoms with Crippen molar-refractivity contribution in [1.82, 2.24) is 4.90 Å². The van der Waals surface area contributed by atoms with E-state index >= 15 is 0 Å². The van der Waals surface area contributed by atoms with Gasteiger partial charge in [0.1, 0.15) is 6.61 Å². The van der Waals surface area contributed by atoms with E-state index in [2.05, 4.69) is 0 Å². The monoisotopic (exact) mass is 375 g/mol. The second-order valence-electron chi connectivity index (χ2n) is 6.22. The van der Waals surface area contributed by atoms with Crippen LogP contribution in [0.15, 0.2) is 36.4 Å².